The van der Waals surface area contributed by atoms with E-state index in [1.807, 2.05) is 60.7 Å². The Balaban J connectivity index is 2.17. The van der Waals surface area contributed by atoms with Crippen LogP contribution in [0.4, 0.5) is 0 Å². The molecule has 0 aliphatic heterocycles. The molecule has 0 amide bonds. The first kappa shape index (κ1) is 20.1. The van der Waals surface area contributed by atoms with E-state index in [1.54, 1.807) is 19.1 Å². The maximum absolute atomic E-state index is 11.9. The van der Waals surface area contributed by atoms with Crippen LogP contribution in [-0.2, 0) is 14.3 Å². The maximum Gasteiger partial charge on any atom is 0.344 e. The van der Waals surface area contributed by atoms with Gasteiger partial charge in [-0.05, 0) is 30.2 Å². The summed E-state index contributed by atoms with van der Waals surface area (Å²) in [6, 6.07) is 22.7. The van der Waals surface area contributed by atoms with Gasteiger partial charge in [0.15, 0.2) is 6.61 Å². The third kappa shape index (κ3) is 5.23. The van der Waals surface area contributed by atoms with Crippen LogP contribution in [-0.4, -0.2) is 25.2 Å². The zero-order valence-corrected chi connectivity index (χ0v) is 16.4. The van der Waals surface area contributed by atoms with Crippen molar-refractivity contribution in [1.82, 2.24) is 0 Å². The number of carbonyl (C=O) groups excluding carboxylic acids is 2. The Hall–Kier alpha value is -3.60. The summed E-state index contributed by atoms with van der Waals surface area (Å²) in [4.78, 5) is 23.5. The van der Waals surface area contributed by atoms with Crippen molar-refractivity contribution in [3.63, 3.8) is 0 Å². The van der Waals surface area contributed by atoms with Crippen LogP contribution in [0.3, 0.4) is 0 Å². The molecule has 3 aromatic rings. The molecule has 0 bridgehead atoms. The number of benzene rings is 3. The Bertz CT molecular complexity index is 920. The molecular weight excluding hydrogens is 368 g/mol. The molecule has 0 fully saturated rings. The second-order valence-electron chi connectivity index (χ2n) is 6.27. The van der Waals surface area contributed by atoms with Gasteiger partial charge in [-0.15, -0.1) is 0 Å². The van der Waals surface area contributed by atoms with E-state index in [-0.39, 0.29) is 13.2 Å². The molecule has 29 heavy (non-hydrogen) atoms. The molecule has 0 heterocycles. The fourth-order valence-electron chi connectivity index (χ4n) is 2.98. The Kier molecular flexibility index (Phi) is 6.63. The first-order valence-corrected chi connectivity index (χ1v) is 9.34. The average molecular weight is 390 g/mol. The highest BCUT2D eigenvalue weighted by Gasteiger charge is 2.18. The minimum atomic E-state index is -0.449. The summed E-state index contributed by atoms with van der Waals surface area (Å²) in [7, 11) is 0. The Labute approximate surface area is 169 Å². The lowest BCUT2D eigenvalue weighted by molar-refractivity contribution is -0.145. The summed E-state index contributed by atoms with van der Waals surface area (Å²) in [5, 5.41) is 0. The Morgan fingerprint density at radius 1 is 0.828 bits per heavy atom. The third-order valence-electron chi connectivity index (χ3n) is 4.13. The van der Waals surface area contributed by atoms with Gasteiger partial charge in [0.1, 0.15) is 11.5 Å². The number of ether oxygens (including phenoxy) is 3. The van der Waals surface area contributed by atoms with Crippen LogP contribution in [0.2, 0.25) is 0 Å². The largest absolute Gasteiger partial charge is 0.481 e. The number of hydrogen-bond acceptors (Lipinski definition) is 5. The van der Waals surface area contributed by atoms with Crippen molar-refractivity contribution in [2.75, 3.05) is 13.2 Å². The summed E-state index contributed by atoms with van der Waals surface area (Å²) in [6.07, 6.45) is 0. The van der Waals surface area contributed by atoms with Crippen molar-refractivity contribution in [2.45, 2.75) is 13.8 Å². The van der Waals surface area contributed by atoms with Gasteiger partial charge >= 0.3 is 11.9 Å². The van der Waals surface area contributed by atoms with Crippen molar-refractivity contribution in [1.29, 1.82) is 0 Å². The highest BCUT2D eigenvalue weighted by atomic mass is 16.6. The third-order valence-corrected chi connectivity index (χ3v) is 4.13. The fraction of sp³-hybridized carbons (Fsp3) is 0.167. The summed E-state index contributed by atoms with van der Waals surface area (Å²) in [5.41, 5.74) is 3.18. The number of carbonyl (C=O) groups is 2. The molecule has 3 rings (SSSR count). The van der Waals surface area contributed by atoms with Gasteiger partial charge in [0, 0.05) is 18.1 Å². The summed E-state index contributed by atoms with van der Waals surface area (Å²) < 4.78 is 16.3. The molecule has 0 spiro atoms. The molecule has 0 radical (unpaired) electrons. The summed E-state index contributed by atoms with van der Waals surface area (Å²) in [5.74, 6) is 0.0582. The van der Waals surface area contributed by atoms with Gasteiger partial charge in [0.25, 0.3) is 0 Å². The SMILES string of the molecule is CCOC(=O)COc1c(-c2ccccc2)cc(OC(C)=O)cc1-c1ccccc1. The Morgan fingerprint density at radius 3 is 1.79 bits per heavy atom. The lowest BCUT2D eigenvalue weighted by atomic mass is 9.96. The van der Waals surface area contributed by atoms with Gasteiger partial charge in [0.05, 0.1) is 6.61 Å². The van der Waals surface area contributed by atoms with E-state index in [2.05, 4.69) is 0 Å². The van der Waals surface area contributed by atoms with Crippen molar-refractivity contribution in [3.05, 3.63) is 72.8 Å². The van der Waals surface area contributed by atoms with E-state index in [4.69, 9.17) is 14.2 Å². The minimum absolute atomic E-state index is 0.222. The molecule has 0 N–H and O–H groups in total. The van der Waals surface area contributed by atoms with Crippen molar-refractivity contribution in [3.8, 4) is 33.8 Å². The molecule has 0 unspecified atom stereocenters. The van der Waals surface area contributed by atoms with Gasteiger partial charge in [-0.25, -0.2) is 4.79 Å². The number of esters is 2. The van der Waals surface area contributed by atoms with Crippen LogP contribution in [0, 0.1) is 0 Å². The highest BCUT2D eigenvalue weighted by molar-refractivity contribution is 5.85. The quantitative estimate of drug-likeness (QED) is 0.425. The van der Waals surface area contributed by atoms with Gasteiger partial charge in [0.2, 0.25) is 0 Å². The average Bonchev–Trinajstić information content (AvgIpc) is 2.73. The Morgan fingerprint density at radius 2 is 1.34 bits per heavy atom. The zero-order valence-electron chi connectivity index (χ0n) is 16.4. The molecule has 0 saturated heterocycles. The predicted molar refractivity (Wildman–Crippen MR) is 111 cm³/mol. The van der Waals surface area contributed by atoms with E-state index in [0.717, 1.165) is 11.1 Å². The summed E-state index contributed by atoms with van der Waals surface area (Å²) in [6.45, 7) is 3.16. The minimum Gasteiger partial charge on any atom is -0.481 e. The van der Waals surface area contributed by atoms with Crippen molar-refractivity contribution in [2.24, 2.45) is 0 Å². The van der Waals surface area contributed by atoms with E-state index >= 15 is 0 Å². The first-order chi connectivity index (χ1) is 14.1. The smallest absolute Gasteiger partial charge is 0.344 e. The second kappa shape index (κ2) is 9.55. The molecule has 148 valence electrons. The van der Waals surface area contributed by atoms with E-state index in [1.165, 1.54) is 6.92 Å². The molecule has 0 aliphatic rings. The first-order valence-electron chi connectivity index (χ1n) is 9.34. The van der Waals surface area contributed by atoms with E-state index in [0.29, 0.717) is 22.6 Å². The monoisotopic (exact) mass is 390 g/mol. The normalized spacial score (nSPS) is 10.3. The van der Waals surface area contributed by atoms with E-state index < -0.39 is 11.9 Å². The fourth-order valence-corrected chi connectivity index (χ4v) is 2.98. The lowest BCUT2D eigenvalue weighted by Crippen LogP contribution is -2.15. The number of rotatable bonds is 7. The van der Waals surface area contributed by atoms with Crippen LogP contribution < -0.4 is 9.47 Å². The molecule has 0 atom stereocenters. The molecule has 3 aromatic carbocycles. The van der Waals surface area contributed by atoms with Crippen LogP contribution in [0.1, 0.15) is 13.8 Å². The molecule has 5 heteroatoms. The van der Waals surface area contributed by atoms with Crippen molar-refractivity contribution >= 4 is 11.9 Å². The van der Waals surface area contributed by atoms with Crippen LogP contribution in [0.15, 0.2) is 72.8 Å². The zero-order chi connectivity index (χ0) is 20.6. The highest BCUT2D eigenvalue weighted by Crippen LogP contribution is 2.42. The lowest BCUT2D eigenvalue weighted by Gasteiger charge is -2.18. The molecule has 0 aliphatic carbocycles. The summed E-state index contributed by atoms with van der Waals surface area (Å²) >= 11 is 0. The number of hydrogen-bond donors (Lipinski definition) is 0. The molecule has 0 aromatic heterocycles. The van der Waals surface area contributed by atoms with Crippen LogP contribution >= 0.6 is 0 Å². The molecule has 0 saturated carbocycles. The molecular formula is C24H22O5. The van der Waals surface area contributed by atoms with Gasteiger partial charge in [-0.3, -0.25) is 4.79 Å². The molecule has 5 nitrogen and oxygen atoms in total. The van der Waals surface area contributed by atoms with E-state index in [9.17, 15) is 9.59 Å². The topological polar surface area (TPSA) is 61.8 Å². The predicted octanol–water partition coefficient (Wildman–Crippen LogP) is 4.89. The standard InChI is InChI=1S/C24H22O5/c1-3-27-23(26)16-28-24-21(18-10-6-4-7-11-18)14-20(29-17(2)25)15-22(24)19-12-8-5-9-13-19/h4-15H,3,16H2,1-2H3. The van der Waals surface area contributed by atoms with Crippen LogP contribution in [0.5, 0.6) is 11.5 Å². The second-order valence-corrected chi connectivity index (χ2v) is 6.27. The maximum atomic E-state index is 11.9. The van der Waals surface area contributed by atoms with Crippen LogP contribution in [0.25, 0.3) is 22.3 Å². The van der Waals surface area contributed by atoms with Gasteiger partial charge in [-0.2, -0.15) is 0 Å². The van der Waals surface area contributed by atoms with Crippen molar-refractivity contribution < 1.29 is 23.8 Å². The van der Waals surface area contributed by atoms with Gasteiger partial charge < -0.3 is 14.2 Å². The van der Waals surface area contributed by atoms with Gasteiger partial charge in [-0.1, -0.05) is 60.7 Å².